The summed E-state index contributed by atoms with van der Waals surface area (Å²) in [6.07, 6.45) is 0. The Morgan fingerprint density at radius 3 is 1.91 bits per heavy atom. The number of fused-ring (bicyclic) bond motifs is 3. The molecule has 0 fully saturated rings. The van der Waals surface area contributed by atoms with E-state index < -0.39 is 39.5 Å². The Kier molecular flexibility index (Phi) is 9.52. The van der Waals surface area contributed by atoms with Crippen LogP contribution in [0.1, 0.15) is 25.0 Å². The second kappa shape index (κ2) is 13.0. The highest BCUT2D eigenvalue weighted by molar-refractivity contribution is 8.26. The monoisotopic (exact) mass is 716 g/mol. The van der Waals surface area contributed by atoms with Crippen molar-refractivity contribution in [3.8, 4) is 0 Å². The zero-order chi connectivity index (χ0) is 34.4. The molecule has 0 saturated heterocycles. The van der Waals surface area contributed by atoms with E-state index in [9.17, 15) is 24.0 Å². The highest BCUT2D eigenvalue weighted by Crippen LogP contribution is 2.71. The predicted molar refractivity (Wildman–Crippen MR) is 183 cm³/mol. The third kappa shape index (κ3) is 5.70. The normalized spacial score (nSPS) is 17.6. The Labute approximate surface area is 288 Å². The minimum atomic E-state index is -1.67. The quantitative estimate of drug-likeness (QED) is 0.276. The number of esters is 4. The molecule has 5 rings (SSSR count). The number of urea groups is 1. The maximum Gasteiger partial charge on any atom is 0.345 e. The number of methoxy groups -OCH3 is 4. The highest BCUT2D eigenvalue weighted by Gasteiger charge is 2.61. The van der Waals surface area contributed by atoms with Gasteiger partial charge in [-0.1, -0.05) is 64.6 Å². The number of carbonyl (C=O) groups excluding carboxylic acids is 5. The molecule has 15 heteroatoms. The number of hydrogen-bond acceptors (Lipinski definition) is 12. The van der Waals surface area contributed by atoms with Crippen LogP contribution in [-0.2, 0) is 38.1 Å². The molecule has 2 amide bonds. The topological polar surface area (TPSA) is 138 Å². The van der Waals surface area contributed by atoms with Crippen molar-refractivity contribution in [2.45, 2.75) is 30.4 Å². The second-order valence-corrected chi connectivity index (χ2v) is 15.0. The molecule has 2 aromatic carbocycles. The first-order chi connectivity index (χ1) is 22.2. The van der Waals surface area contributed by atoms with E-state index >= 15 is 0 Å². The summed E-state index contributed by atoms with van der Waals surface area (Å²) in [5.74, 6) is -3.42. The van der Waals surface area contributed by atoms with Crippen molar-refractivity contribution >= 4 is 93.7 Å². The van der Waals surface area contributed by atoms with E-state index in [0.29, 0.717) is 32.4 Å². The number of amides is 2. The maximum absolute atomic E-state index is 14.2. The van der Waals surface area contributed by atoms with Crippen LogP contribution < -0.4 is 10.2 Å². The van der Waals surface area contributed by atoms with Crippen molar-refractivity contribution in [3.05, 3.63) is 83.8 Å². The number of thioether (sulfide) groups is 3. The van der Waals surface area contributed by atoms with Gasteiger partial charge in [0.15, 0.2) is 0 Å². The number of anilines is 2. The van der Waals surface area contributed by atoms with Crippen molar-refractivity contribution < 1.29 is 42.9 Å². The van der Waals surface area contributed by atoms with Crippen molar-refractivity contribution in [1.29, 1.82) is 0 Å². The summed E-state index contributed by atoms with van der Waals surface area (Å²) in [5.41, 5.74) is 1.41. The molecule has 1 spiro atoms. The van der Waals surface area contributed by atoms with E-state index in [1.807, 2.05) is 19.1 Å². The summed E-state index contributed by atoms with van der Waals surface area (Å²) >= 11 is 8.89. The summed E-state index contributed by atoms with van der Waals surface area (Å²) < 4.78 is 18.8. The molecule has 0 aliphatic carbocycles. The smallest absolute Gasteiger partial charge is 0.345 e. The maximum atomic E-state index is 14.2. The number of ether oxygens (including phenoxy) is 4. The van der Waals surface area contributed by atoms with Gasteiger partial charge in [0.2, 0.25) is 0 Å². The van der Waals surface area contributed by atoms with Gasteiger partial charge in [0.1, 0.15) is 18.8 Å². The molecule has 11 nitrogen and oxygen atoms in total. The van der Waals surface area contributed by atoms with Crippen LogP contribution in [0.5, 0.6) is 0 Å². The van der Waals surface area contributed by atoms with E-state index in [1.54, 1.807) is 49.1 Å². The number of rotatable bonds is 5. The van der Waals surface area contributed by atoms with Gasteiger partial charge >= 0.3 is 29.9 Å². The fraction of sp³-hybridized carbons (Fsp3) is 0.281. The zero-order valence-corrected chi connectivity index (χ0v) is 29.5. The summed E-state index contributed by atoms with van der Waals surface area (Å²) in [7, 11) is 4.66. The van der Waals surface area contributed by atoms with Gasteiger partial charge in [-0.25, -0.2) is 24.0 Å². The van der Waals surface area contributed by atoms with Crippen LogP contribution in [0.25, 0.3) is 5.57 Å². The molecule has 2 aromatic rings. The average Bonchev–Trinajstić information content (AvgIpc) is 3.43. The lowest BCUT2D eigenvalue weighted by Gasteiger charge is -2.50. The number of halogens is 1. The zero-order valence-electron chi connectivity index (χ0n) is 26.3. The van der Waals surface area contributed by atoms with Crippen molar-refractivity contribution in [2.75, 3.05) is 38.7 Å². The SMILES string of the molecule is COC(=O)C1=C(C(=O)OC)SC2(S1)C(C(=O)OC)=C(C(=O)OC)SC1=C2c2cc(C)ccc2N(C(=O)Nc2cccc(Cl)c2)C1(C)C. The van der Waals surface area contributed by atoms with E-state index in [0.717, 1.165) is 62.2 Å². The fourth-order valence-corrected chi connectivity index (χ4v) is 10.8. The molecule has 1 N–H and O–H groups in total. The van der Waals surface area contributed by atoms with Crippen LogP contribution in [-0.4, -0.2) is 68.0 Å². The molecule has 0 aromatic heterocycles. The first-order valence-electron chi connectivity index (χ1n) is 13.9. The summed E-state index contributed by atoms with van der Waals surface area (Å²) in [4.78, 5) is 69.5. The minimum absolute atomic E-state index is 0.123. The van der Waals surface area contributed by atoms with Crippen LogP contribution in [0, 0.1) is 6.92 Å². The van der Waals surface area contributed by atoms with E-state index in [2.05, 4.69) is 5.32 Å². The molecule has 246 valence electrons. The lowest BCUT2D eigenvalue weighted by molar-refractivity contribution is -0.138. The van der Waals surface area contributed by atoms with Gasteiger partial charge in [-0.3, -0.25) is 4.90 Å². The van der Waals surface area contributed by atoms with Gasteiger partial charge < -0.3 is 24.3 Å². The second-order valence-electron chi connectivity index (χ2n) is 10.8. The van der Waals surface area contributed by atoms with Gasteiger partial charge in [-0.05, 0) is 51.1 Å². The molecule has 3 aliphatic heterocycles. The summed E-state index contributed by atoms with van der Waals surface area (Å²) in [6.45, 7) is 5.45. The lowest BCUT2D eigenvalue weighted by Crippen LogP contribution is -2.55. The molecule has 0 atom stereocenters. The molecular weight excluding hydrogens is 688 g/mol. The molecule has 0 bridgehead atoms. The number of nitrogens with zero attached hydrogens (tertiary/aromatic N) is 1. The Balaban J connectivity index is 1.84. The molecule has 3 heterocycles. The number of aryl methyl sites for hydroxylation is 1. The van der Waals surface area contributed by atoms with Crippen molar-refractivity contribution in [3.63, 3.8) is 0 Å². The van der Waals surface area contributed by atoms with Crippen LogP contribution in [0.15, 0.2) is 67.7 Å². The first kappa shape index (κ1) is 34.5. The Morgan fingerprint density at radius 2 is 1.36 bits per heavy atom. The molecule has 3 aliphatic rings. The van der Waals surface area contributed by atoms with Crippen LogP contribution in [0.2, 0.25) is 5.02 Å². The number of benzene rings is 2. The lowest BCUT2D eigenvalue weighted by atomic mass is 9.83. The van der Waals surface area contributed by atoms with Gasteiger partial charge in [-0.15, -0.1) is 0 Å². The Morgan fingerprint density at radius 1 is 0.787 bits per heavy atom. The molecule has 0 saturated carbocycles. The van der Waals surface area contributed by atoms with Crippen molar-refractivity contribution in [2.24, 2.45) is 0 Å². The Hall–Kier alpha value is -3.85. The van der Waals surface area contributed by atoms with Gasteiger partial charge in [0, 0.05) is 26.8 Å². The van der Waals surface area contributed by atoms with Crippen LogP contribution in [0.4, 0.5) is 16.2 Å². The van der Waals surface area contributed by atoms with Gasteiger partial charge in [0.25, 0.3) is 0 Å². The molecular formula is C32H29ClN2O9S3. The standard InChI is InChI=1S/C32H29ClN2O9S3/c1-15-11-12-19-18(13-15)20-25(31(2,3)35(19)30(40)34-17-10-8-9-16(33)14-17)45-22(27(37)42-5)21(26(36)41-4)32(20)46-23(28(38)43-6)24(47-32)29(39)44-7/h8-14H,1-7H3,(H,34,40). The number of hydrogen-bond donors (Lipinski definition) is 1. The first-order valence-corrected chi connectivity index (χ1v) is 16.7. The largest absolute Gasteiger partial charge is 0.466 e. The van der Waals surface area contributed by atoms with Crippen LogP contribution >= 0.6 is 46.9 Å². The molecule has 0 unspecified atom stereocenters. The third-order valence-electron chi connectivity index (χ3n) is 7.57. The van der Waals surface area contributed by atoms with Gasteiger partial charge in [0.05, 0.1) is 45.2 Å². The molecule has 47 heavy (non-hydrogen) atoms. The minimum Gasteiger partial charge on any atom is -0.466 e. The van der Waals surface area contributed by atoms with Gasteiger partial charge in [-0.2, -0.15) is 0 Å². The average molecular weight is 717 g/mol. The highest BCUT2D eigenvalue weighted by atomic mass is 35.5. The third-order valence-corrected chi connectivity index (χ3v) is 12.5. The van der Waals surface area contributed by atoms with E-state index in [1.165, 1.54) is 7.11 Å². The van der Waals surface area contributed by atoms with E-state index in [-0.39, 0.29) is 20.3 Å². The molecule has 0 radical (unpaired) electrons. The predicted octanol–water partition coefficient (Wildman–Crippen LogP) is 6.27. The summed E-state index contributed by atoms with van der Waals surface area (Å²) in [5, 5.41) is 3.34. The van der Waals surface area contributed by atoms with Crippen molar-refractivity contribution in [1.82, 2.24) is 0 Å². The fourth-order valence-electron chi connectivity index (χ4n) is 5.54. The van der Waals surface area contributed by atoms with E-state index in [4.69, 9.17) is 30.5 Å². The number of nitrogens with one attached hydrogen (secondary N) is 1. The summed E-state index contributed by atoms with van der Waals surface area (Å²) in [6, 6.07) is 11.7. The number of carbonyl (C=O) groups is 5. The Bertz CT molecular complexity index is 1820. The van der Waals surface area contributed by atoms with Crippen LogP contribution in [0.3, 0.4) is 0 Å².